The van der Waals surface area contributed by atoms with E-state index in [4.69, 9.17) is 9.47 Å². The summed E-state index contributed by atoms with van der Waals surface area (Å²) in [6.07, 6.45) is 3.98. The lowest BCUT2D eigenvalue weighted by molar-refractivity contribution is -0.156. The van der Waals surface area contributed by atoms with Gasteiger partial charge in [0.05, 0.1) is 12.5 Å². The zero-order valence-electron chi connectivity index (χ0n) is 7.79. The van der Waals surface area contributed by atoms with Crippen molar-refractivity contribution < 1.29 is 14.3 Å². The summed E-state index contributed by atoms with van der Waals surface area (Å²) in [7, 11) is 0. The van der Waals surface area contributed by atoms with Crippen molar-refractivity contribution in [1.29, 1.82) is 0 Å². The van der Waals surface area contributed by atoms with Crippen LogP contribution in [0.25, 0.3) is 0 Å². The van der Waals surface area contributed by atoms with Crippen LogP contribution < -0.4 is 0 Å². The number of hydrogen-bond acceptors (Lipinski definition) is 3. The van der Waals surface area contributed by atoms with E-state index in [0.29, 0.717) is 6.42 Å². The minimum Gasteiger partial charge on any atom is -0.452 e. The highest BCUT2D eigenvalue weighted by atomic mass is 16.6. The summed E-state index contributed by atoms with van der Waals surface area (Å²) in [5, 5.41) is 0. The monoisotopic (exact) mass is 182 g/mol. The van der Waals surface area contributed by atoms with Gasteiger partial charge in [-0.3, -0.25) is 4.79 Å². The van der Waals surface area contributed by atoms with Crippen LogP contribution in [0.15, 0.2) is 12.7 Å². The fraction of sp³-hybridized carbons (Fsp3) is 0.700. The van der Waals surface area contributed by atoms with E-state index < -0.39 is 5.60 Å². The van der Waals surface area contributed by atoms with Crippen molar-refractivity contribution in [2.24, 2.45) is 0 Å². The molecule has 0 aromatic rings. The molecular weight excluding hydrogens is 168 g/mol. The first-order valence-electron chi connectivity index (χ1n) is 4.67. The molecule has 2 aliphatic heterocycles. The Balaban J connectivity index is 2.22. The van der Waals surface area contributed by atoms with E-state index in [1.807, 2.05) is 6.92 Å². The molecule has 0 aromatic heterocycles. The molecule has 2 fully saturated rings. The molecule has 0 unspecified atom stereocenters. The molecule has 3 nitrogen and oxygen atoms in total. The number of esters is 1. The number of hydrogen-bond donors (Lipinski definition) is 0. The summed E-state index contributed by atoms with van der Waals surface area (Å²) in [5.41, 5.74) is -0.524. The lowest BCUT2D eigenvalue weighted by Crippen LogP contribution is -2.45. The zero-order valence-corrected chi connectivity index (χ0v) is 7.79. The van der Waals surface area contributed by atoms with E-state index in [2.05, 4.69) is 6.58 Å². The highest BCUT2D eigenvalue weighted by Crippen LogP contribution is 2.39. The van der Waals surface area contributed by atoms with E-state index in [0.717, 1.165) is 12.8 Å². The molecule has 13 heavy (non-hydrogen) atoms. The summed E-state index contributed by atoms with van der Waals surface area (Å²) in [4.78, 5) is 11.1. The summed E-state index contributed by atoms with van der Waals surface area (Å²) in [6, 6.07) is 0. The van der Waals surface area contributed by atoms with Crippen molar-refractivity contribution in [1.82, 2.24) is 0 Å². The number of ether oxygens (including phenoxy) is 2. The third-order valence-electron chi connectivity index (χ3n) is 2.88. The number of carbonyl (C=O) groups excluding carboxylic acids is 1. The predicted octanol–water partition coefficient (Wildman–Crippen LogP) is 1.43. The molecule has 3 atom stereocenters. The molecule has 2 heterocycles. The van der Waals surface area contributed by atoms with Gasteiger partial charge in [0.15, 0.2) is 5.60 Å². The van der Waals surface area contributed by atoms with Gasteiger partial charge in [0.25, 0.3) is 0 Å². The van der Waals surface area contributed by atoms with Crippen molar-refractivity contribution in [3.05, 3.63) is 12.7 Å². The average Bonchev–Trinajstić information content (AvgIpc) is 2.41. The first-order valence-corrected chi connectivity index (χ1v) is 4.67. The Labute approximate surface area is 77.7 Å². The fourth-order valence-corrected chi connectivity index (χ4v) is 2.07. The summed E-state index contributed by atoms with van der Waals surface area (Å²) < 4.78 is 10.9. The third kappa shape index (κ3) is 1.27. The van der Waals surface area contributed by atoms with Crippen molar-refractivity contribution in [3.63, 3.8) is 0 Å². The molecule has 2 saturated heterocycles. The highest BCUT2D eigenvalue weighted by Gasteiger charge is 2.50. The van der Waals surface area contributed by atoms with Crippen molar-refractivity contribution in [2.45, 2.75) is 44.0 Å². The minimum absolute atomic E-state index is 0.110. The second-order valence-electron chi connectivity index (χ2n) is 3.81. The normalized spacial score (nSPS) is 43.9. The average molecular weight is 182 g/mol. The molecule has 72 valence electrons. The number of carbonyl (C=O) groups is 1. The van der Waals surface area contributed by atoms with Gasteiger partial charge in [-0.05, 0) is 25.8 Å². The van der Waals surface area contributed by atoms with Gasteiger partial charge in [-0.25, -0.2) is 0 Å². The van der Waals surface area contributed by atoms with E-state index in [-0.39, 0.29) is 18.2 Å². The topological polar surface area (TPSA) is 35.5 Å². The van der Waals surface area contributed by atoms with Gasteiger partial charge in [0.2, 0.25) is 0 Å². The first kappa shape index (κ1) is 8.75. The maximum Gasteiger partial charge on any atom is 0.309 e. The van der Waals surface area contributed by atoms with Crippen LogP contribution in [0.2, 0.25) is 0 Å². The molecule has 0 amide bonds. The lowest BCUT2D eigenvalue weighted by atomic mass is 9.87. The summed E-state index contributed by atoms with van der Waals surface area (Å²) in [6.45, 7) is 5.74. The zero-order chi connectivity index (χ0) is 9.47. The van der Waals surface area contributed by atoms with Crippen LogP contribution in [0.3, 0.4) is 0 Å². The smallest absolute Gasteiger partial charge is 0.309 e. The Morgan fingerprint density at radius 2 is 2.46 bits per heavy atom. The third-order valence-corrected chi connectivity index (χ3v) is 2.88. The maximum absolute atomic E-state index is 11.1. The van der Waals surface area contributed by atoms with Crippen LogP contribution in [0.5, 0.6) is 0 Å². The Hall–Kier alpha value is -0.830. The number of fused-ring (bicyclic) bond motifs is 1. The van der Waals surface area contributed by atoms with Gasteiger partial charge in [-0.1, -0.05) is 6.58 Å². The Bertz CT molecular complexity index is 249. The van der Waals surface area contributed by atoms with Gasteiger partial charge in [-0.2, -0.15) is 0 Å². The van der Waals surface area contributed by atoms with Crippen LogP contribution in [0.4, 0.5) is 0 Å². The molecular formula is C10H14O3. The second kappa shape index (κ2) is 2.84. The largest absolute Gasteiger partial charge is 0.452 e. The Morgan fingerprint density at radius 3 is 3.15 bits per heavy atom. The van der Waals surface area contributed by atoms with Gasteiger partial charge < -0.3 is 9.47 Å². The van der Waals surface area contributed by atoms with Crippen molar-refractivity contribution in [2.75, 3.05) is 0 Å². The standard InChI is InChI=1S/C10H14O3/c1-3-10-5-4-7(2)12-8(10)6-9(11)13-10/h3,7-8H,1,4-6H2,2H3/t7-,8+,10+/m1/s1. The minimum atomic E-state index is -0.524. The molecule has 0 radical (unpaired) electrons. The van der Waals surface area contributed by atoms with E-state index >= 15 is 0 Å². The quantitative estimate of drug-likeness (QED) is 0.454. The maximum atomic E-state index is 11.1. The lowest BCUT2D eigenvalue weighted by Gasteiger charge is -2.37. The Morgan fingerprint density at radius 1 is 1.69 bits per heavy atom. The van der Waals surface area contributed by atoms with Crippen LogP contribution in [0.1, 0.15) is 26.2 Å². The molecule has 3 heteroatoms. The molecule has 0 saturated carbocycles. The van der Waals surface area contributed by atoms with Crippen LogP contribution in [-0.4, -0.2) is 23.8 Å². The van der Waals surface area contributed by atoms with E-state index in [9.17, 15) is 4.79 Å². The molecule has 0 aliphatic carbocycles. The van der Waals surface area contributed by atoms with Gasteiger partial charge in [-0.15, -0.1) is 0 Å². The fourth-order valence-electron chi connectivity index (χ4n) is 2.07. The van der Waals surface area contributed by atoms with E-state index in [1.165, 1.54) is 0 Å². The molecule has 0 aromatic carbocycles. The van der Waals surface area contributed by atoms with Gasteiger partial charge in [0.1, 0.15) is 6.10 Å². The van der Waals surface area contributed by atoms with E-state index in [1.54, 1.807) is 6.08 Å². The van der Waals surface area contributed by atoms with Crippen molar-refractivity contribution in [3.8, 4) is 0 Å². The first-order chi connectivity index (χ1) is 6.16. The highest BCUT2D eigenvalue weighted by molar-refractivity contribution is 5.74. The predicted molar refractivity (Wildman–Crippen MR) is 47.2 cm³/mol. The molecule has 0 N–H and O–H groups in total. The second-order valence-corrected chi connectivity index (χ2v) is 3.81. The van der Waals surface area contributed by atoms with Crippen LogP contribution in [0, 0.1) is 0 Å². The van der Waals surface area contributed by atoms with Crippen LogP contribution in [-0.2, 0) is 14.3 Å². The molecule has 0 spiro atoms. The van der Waals surface area contributed by atoms with Gasteiger partial charge >= 0.3 is 5.97 Å². The van der Waals surface area contributed by atoms with Crippen molar-refractivity contribution >= 4 is 5.97 Å². The van der Waals surface area contributed by atoms with Gasteiger partial charge in [0, 0.05) is 0 Å². The SMILES string of the molecule is C=C[C@]12CC[C@@H](C)O[C@H]1CC(=O)O2. The molecule has 2 rings (SSSR count). The van der Waals surface area contributed by atoms with Crippen LogP contribution >= 0.6 is 0 Å². The molecule has 2 aliphatic rings. The summed E-state index contributed by atoms with van der Waals surface area (Å²) in [5.74, 6) is -0.168. The molecule has 0 bridgehead atoms. The number of rotatable bonds is 1. The Kier molecular flexibility index (Phi) is 1.91. The summed E-state index contributed by atoms with van der Waals surface area (Å²) >= 11 is 0.